The smallest absolute Gasteiger partial charge is 0.338 e. The number of esters is 1. The molecule has 7 heteroatoms. The Morgan fingerprint density at radius 1 is 1.12 bits per heavy atom. The fourth-order valence-corrected chi connectivity index (χ4v) is 4.53. The van der Waals surface area contributed by atoms with E-state index in [0.29, 0.717) is 28.8 Å². The quantitative estimate of drug-likeness (QED) is 0.639. The molecule has 2 amide bonds. The van der Waals surface area contributed by atoms with Crippen molar-refractivity contribution in [2.24, 2.45) is 0 Å². The maximum atomic E-state index is 12.9. The SMILES string of the molecule is CCOC(=O)C1=C(CN2CC[C@H](c3ccc(C)cc3)C2)NC(=O)N[C@H]1c1ccc(Cl)cc1. The first-order valence-corrected chi connectivity index (χ1v) is 11.3. The summed E-state index contributed by atoms with van der Waals surface area (Å²) in [5.74, 6) is 0.0101. The van der Waals surface area contributed by atoms with Crippen LogP contribution in [0.1, 0.15) is 42.0 Å². The summed E-state index contributed by atoms with van der Waals surface area (Å²) in [4.78, 5) is 27.7. The molecule has 2 atom stereocenters. The zero-order chi connectivity index (χ0) is 22.7. The molecule has 0 radical (unpaired) electrons. The molecular formula is C25H28ClN3O3. The minimum atomic E-state index is -0.592. The third-order valence-corrected chi connectivity index (χ3v) is 6.31. The number of benzene rings is 2. The molecule has 2 N–H and O–H groups in total. The molecule has 1 saturated heterocycles. The van der Waals surface area contributed by atoms with E-state index >= 15 is 0 Å². The van der Waals surface area contributed by atoms with Crippen LogP contribution in [0.5, 0.6) is 0 Å². The van der Waals surface area contributed by atoms with Crippen LogP contribution in [0.4, 0.5) is 4.79 Å². The number of halogens is 1. The number of aryl methyl sites for hydroxylation is 1. The van der Waals surface area contributed by atoms with Gasteiger partial charge < -0.3 is 15.4 Å². The van der Waals surface area contributed by atoms with Gasteiger partial charge in [-0.1, -0.05) is 53.6 Å². The Hall–Kier alpha value is -2.83. The van der Waals surface area contributed by atoms with E-state index < -0.39 is 12.0 Å². The van der Waals surface area contributed by atoms with Crippen LogP contribution in [-0.4, -0.2) is 43.1 Å². The van der Waals surface area contributed by atoms with Crippen molar-refractivity contribution in [1.29, 1.82) is 0 Å². The molecule has 168 valence electrons. The largest absolute Gasteiger partial charge is 0.463 e. The maximum Gasteiger partial charge on any atom is 0.338 e. The highest BCUT2D eigenvalue weighted by molar-refractivity contribution is 6.30. The standard InChI is InChI=1S/C25H28ClN3O3/c1-3-32-24(30)22-21(27-25(31)28-23(22)18-8-10-20(26)11-9-18)15-29-13-12-19(14-29)17-6-4-16(2)5-7-17/h4-11,19,23H,3,12-15H2,1-2H3,(H2,27,28,31)/t19-,23-/m0/s1. The minimum absolute atomic E-state index is 0.260. The average molecular weight is 454 g/mol. The minimum Gasteiger partial charge on any atom is -0.463 e. The first-order valence-electron chi connectivity index (χ1n) is 11.0. The molecule has 0 aliphatic carbocycles. The zero-order valence-electron chi connectivity index (χ0n) is 18.4. The number of carbonyl (C=O) groups excluding carboxylic acids is 2. The van der Waals surface area contributed by atoms with Gasteiger partial charge in [-0.3, -0.25) is 4.90 Å². The van der Waals surface area contributed by atoms with Gasteiger partial charge in [0.1, 0.15) is 0 Å². The van der Waals surface area contributed by atoms with Crippen molar-refractivity contribution in [1.82, 2.24) is 15.5 Å². The van der Waals surface area contributed by atoms with E-state index in [9.17, 15) is 9.59 Å². The number of ether oxygens (including phenoxy) is 1. The molecule has 0 unspecified atom stereocenters. The number of urea groups is 1. The fourth-order valence-electron chi connectivity index (χ4n) is 4.41. The van der Waals surface area contributed by atoms with E-state index in [1.807, 2.05) is 12.1 Å². The predicted octanol–water partition coefficient (Wildman–Crippen LogP) is 4.31. The summed E-state index contributed by atoms with van der Waals surface area (Å²) in [5, 5.41) is 6.33. The monoisotopic (exact) mass is 453 g/mol. The van der Waals surface area contributed by atoms with Crippen molar-refractivity contribution in [2.75, 3.05) is 26.2 Å². The number of amides is 2. The second-order valence-corrected chi connectivity index (χ2v) is 8.76. The Labute approximate surface area is 193 Å². The van der Waals surface area contributed by atoms with Gasteiger partial charge in [-0.05, 0) is 56.0 Å². The van der Waals surface area contributed by atoms with Crippen LogP contribution in [0.25, 0.3) is 0 Å². The van der Waals surface area contributed by atoms with Gasteiger partial charge in [0.25, 0.3) is 0 Å². The summed E-state index contributed by atoms with van der Waals surface area (Å²) < 4.78 is 5.36. The lowest BCUT2D eigenvalue weighted by atomic mass is 9.95. The van der Waals surface area contributed by atoms with Crippen LogP contribution in [0.2, 0.25) is 5.02 Å². The summed E-state index contributed by atoms with van der Waals surface area (Å²) in [7, 11) is 0. The van der Waals surface area contributed by atoms with Gasteiger partial charge in [0.15, 0.2) is 0 Å². The molecule has 2 aromatic carbocycles. The molecule has 0 bridgehead atoms. The number of nitrogens with one attached hydrogen (secondary N) is 2. The number of nitrogens with zero attached hydrogens (tertiary/aromatic N) is 1. The Bertz CT molecular complexity index is 1020. The van der Waals surface area contributed by atoms with E-state index in [1.165, 1.54) is 11.1 Å². The first-order chi connectivity index (χ1) is 15.4. The number of rotatable bonds is 6. The summed E-state index contributed by atoms with van der Waals surface area (Å²) in [6.45, 7) is 6.37. The van der Waals surface area contributed by atoms with Crippen molar-refractivity contribution >= 4 is 23.6 Å². The Balaban J connectivity index is 1.60. The van der Waals surface area contributed by atoms with Crippen LogP contribution in [0.3, 0.4) is 0 Å². The van der Waals surface area contributed by atoms with E-state index in [1.54, 1.807) is 19.1 Å². The molecule has 2 aliphatic heterocycles. The van der Waals surface area contributed by atoms with E-state index in [0.717, 1.165) is 25.1 Å². The van der Waals surface area contributed by atoms with Gasteiger partial charge in [-0.25, -0.2) is 9.59 Å². The van der Waals surface area contributed by atoms with E-state index in [4.69, 9.17) is 16.3 Å². The number of carbonyl (C=O) groups is 2. The molecule has 2 aromatic rings. The second-order valence-electron chi connectivity index (χ2n) is 8.33. The summed E-state index contributed by atoms with van der Waals surface area (Å²) in [6, 6.07) is 14.9. The van der Waals surface area contributed by atoms with Gasteiger partial charge >= 0.3 is 12.0 Å². The molecule has 0 saturated carbocycles. The van der Waals surface area contributed by atoms with Crippen molar-refractivity contribution in [3.05, 3.63) is 81.5 Å². The lowest BCUT2D eigenvalue weighted by Crippen LogP contribution is -2.48. The Morgan fingerprint density at radius 3 is 2.50 bits per heavy atom. The lowest BCUT2D eigenvalue weighted by molar-refractivity contribution is -0.139. The molecule has 32 heavy (non-hydrogen) atoms. The third-order valence-electron chi connectivity index (χ3n) is 6.06. The van der Waals surface area contributed by atoms with Gasteiger partial charge in [-0.15, -0.1) is 0 Å². The van der Waals surface area contributed by atoms with Crippen LogP contribution in [-0.2, 0) is 9.53 Å². The van der Waals surface area contributed by atoms with Gasteiger partial charge in [0.05, 0.1) is 18.2 Å². The highest BCUT2D eigenvalue weighted by Crippen LogP contribution is 2.31. The zero-order valence-corrected chi connectivity index (χ0v) is 19.1. The highest BCUT2D eigenvalue weighted by Gasteiger charge is 2.35. The van der Waals surface area contributed by atoms with Crippen molar-refractivity contribution in [3.63, 3.8) is 0 Å². The topological polar surface area (TPSA) is 70.7 Å². The van der Waals surface area contributed by atoms with Gasteiger partial charge in [-0.2, -0.15) is 0 Å². The Morgan fingerprint density at radius 2 is 1.81 bits per heavy atom. The third kappa shape index (κ3) is 4.97. The predicted molar refractivity (Wildman–Crippen MR) is 124 cm³/mol. The number of hydrogen-bond donors (Lipinski definition) is 2. The maximum absolute atomic E-state index is 12.9. The number of likely N-dealkylation sites (tertiary alicyclic amines) is 1. The van der Waals surface area contributed by atoms with Gasteiger partial charge in [0.2, 0.25) is 0 Å². The highest BCUT2D eigenvalue weighted by atomic mass is 35.5. The molecule has 0 spiro atoms. The van der Waals surface area contributed by atoms with Crippen LogP contribution in [0, 0.1) is 6.92 Å². The van der Waals surface area contributed by atoms with Crippen LogP contribution in [0.15, 0.2) is 59.8 Å². The molecule has 4 rings (SSSR count). The normalized spacial score (nSPS) is 21.3. The molecule has 6 nitrogen and oxygen atoms in total. The van der Waals surface area contributed by atoms with Crippen molar-refractivity contribution in [2.45, 2.75) is 32.2 Å². The summed E-state index contributed by atoms with van der Waals surface area (Å²) in [5.41, 5.74) is 4.39. The molecule has 0 aromatic heterocycles. The molecule has 1 fully saturated rings. The molecule has 2 heterocycles. The van der Waals surface area contributed by atoms with Gasteiger partial charge in [0, 0.05) is 23.8 Å². The fraction of sp³-hybridized carbons (Fsp3) is 0.360. The van der Waals surface area contributed by atoms with E-state index in [2.05, 4.69) is 46.7 Å². The van der Waals surface area contributed by atoms with Crippen molar-refractivity contribution in [3.8, 4) is 0 Å². The summed E-state index contributed by atoms with van der Waals surface area (Å²) in [6.07, 6.45) is 1.04. The van der Waals surface area contributed by atoms with Crippen LogP contribution < -0.4 is 10.6 Å². The molecular weight excluding hydrogens is 426 g/mol. The van der Waals surface area contributed by atoms with Crippen molar-refractivity contribution < 1.29 is 14.3 Å². The summed E-state index contributed by atoms with van der Waals surface area (Å²) >= 11 is 6.03. The average Bonchev–Trinajstić information content (AvgIpc) is 3.23. The number of hydrogen-bond acceptors (Lipinski definition) is 4. The second kappa shape index (κ2) is 9.76. The van der Waals surface area contributed by atoms with Crippen LogP contribution >= 0.6 is 11.6 Å². The lowest BCUT2D eigenvalue weighted by Gasteiger charge is -2.31. The molecule has 2 aliphatic rings. The first kappa shape index (κ1) is 22.4. The van der Waals surface area contributed by atoms with E-state index in [-0.39, 0.29) is 12.6 Å². The Kier molecular flexibility index (Phi) is 6.82.